The van der Waals surface area contributed by atoms with E-state index in [4.69, 9.17) is 4.74 Å². The second kappa shape index (κ2) is 4.21. The molecule has 0 aromatic rings. The Morgan fingerprint density at radius 1 is 1.32 bits per heavy atom. The number of hydrogen-bond donors (Lipinski definition) is 0. The van der Waals surface area contributed by atoms with Gasteiger partial charge in [-0.3, -0.25) is 4.79 Å². The van der Waals surface area contributed by atoms with Gasteiger partial charge in [0.25, 0.3) is 0 Å². The molecule has 2 saturated carbocycles. The van der Waals surface area contributed by atoms with E-state index in [9.17, 15) is 4.79 Å². The van der Waals surface area contributed by atoms with Crippen LogP contribution in [0.2, 0.25) is 0 Å². The molecule has 108 valence electrons. The molecule has 0 N–H and O–H groups in total. The number of carbonyl (C=O) groups is 1. The minimum Gasteiger partial charge on any atom is -0.357 e. The average Bonchev–Trinajstić information content (AvgIpc) is 2.84. The number of rotatable bonds is 3. The van der Waals surface area contributed by atoms with Crippen molar-refractivity contribution in [2.75, 3.05) is 6.73 Å². The highest BCUT2D eigenvalue weighted by atomic mass is 16.5. The Labute approximate surface area is 116 Å². The molecule has 1 aliphatic heterocycles. The Morgan fingerprint density at radius 2 is 2.05 bits per heavy atom. The summed E-state index contributed by atoms with van der Waals surface area (Å²) in [5.74, 6) is 1.06. The molecule has 3 fully saturated rings. The van der Waals surface area contributed by atoms with Crippen molar-refractivity contribution in [3.63, 3.8) is 0 Å². The van der Waals surface area contributed by atoms with Crippen molar-refractivity contribution in [3.8, 4) is 0 Å². The molecule has 0 aromatic carbocycles. The third kappa shape index (κ3) is 1.77. The lowest BCUT2D eigenvalue weighted by molar-refractivity contribution is -0.141. The van der Waals surface area contributed by atoms with Gasteiger partial charge in [0.1, 0.15) is 6.73 Å². The summed E-state index contributed by atoms with van der Waals surface area (Å²) in [6.45, 7) is 9.82. The van der Waals surface area contributed by atoms with Gasteiger partial charge in [0.15, 0.2) is 0 Å². The van der Waals surface area contributed by atoms with Crippen LogP contribution in [0.25, 0.3) is 0 Å². The number of nitrogens with zero attached hydrogens (tertiary/aromatic N) is 1. The van der Waals surface area contributed by atoms with E-state index in [0.717, 1.165) is 12.3 Å². The minimum atomic E-state index is 0.264. The molecule has 0 radical (unpaired) electrons. The molecule has 1 saturated heterocycles. The van der Waals surface area contributed by atoms with Crippen molar-refractivity contribution < 1.29 is 9.53 Å². The van der Waals surface area contributed by atoms with Crippen LogP contribution < -0.4 is 0 Å². The van der Waals surface area contributed by atoms with E-state index in [1.54, 1.807) is 0 Å². The summed E-state index contributed by atoms with van der Waals surface area (Å²) in [6, 6.07) is 0.354. The molecule has 3 aliphatic rings. The van der Waals surface area contributed by atoms with Gasteiger partial charge in [-0.15, -0.1) is 0 Å². The standard InChI is InChI=1S/C16H27NO2/c1-11-5-6-14(18)17(11)10-19-13-9-12-7-8-16(13,4)15(12,2)3/h11-13H,5-10H2,1-4H3/t11-,12+,13+,16+/m1/s1. The Morgan fingerprint density at radius 3 is 2.53 bits per heavy atom. The van der Waals surface area contributed by atoms with E-state index >= 15 is 0 Å². The first-order chi connectivity index (χ1) is 8.86. The topological polar surface area (TPSA) is 29.5 Å². The molecule has 3 rings (SSSR count). The number of carbonyl (C=O) groups excluding carboxylic acids is 1. The summed E-state index contributed by atoms with van der Waals surface area (Å²) in [7, 11) is 0. The Hall–Kier alpha value is -0.570. The Kier molecular flexibility index (Phi) is 2.97. The van der Waals surface area contributed by atoms with E-state index in [-0.39, 0.29) is 5.91 Å². The Bertz CT molecular complexity index is 392. The summed E-state index contributed by atoms with van der Waals surface area (Å²) in [6.07, 6.45) is 5.82. The first kappa shape index (κ1) is 13.4. The predicted octanol–water partition coefficient (Wildman–Crippen LogP) is 3.19. The fraction of sp³-hybridized carbons (Fsp3) is 0.938. The lowest BCUT2D eigenvalue weighted by atomic mass is 9.70. The number of ether oxygens (including phenoxy) is 1. The molecule has 2 bridgehead atoms. The van der Waals surface area contributed by atoms with Gasteiger partial charge in [0, 0.05) is 12.5 Å². The normalized spacial score (nSPS) is 44.3. The van der Waals surface area contributed by atoms with Gasteiger partial charge in [-0.2, -0.15) is 0 Å². The molecule has 0 aromatic heterocycles. The third-order valence-corrected chi connectivity index (χ3v) is 6.76. The van der Waals surface area contributed by atoms with Crippen molar-refractivity contribution in [2.24, 2.45) is 16.7 Å². The first-order valence-electron chi connectivity index (χ1n) is 7.77. The number of fused-ring (bicyclic) bond motifs is 2. The molecular formula is C16H27NO2. The maximum atomic E-state index is 11.8. The van der Waals surface area contributed by atoms with Crippen LogP contribution >= 0.6 is 0 Å². The second-order valence-corrected chi connectivity index (χ2v) is 7.65. The Balaban J connectivity index is 1.65. The summed E-state index contributed by atoms with van der Waals surface area (Å²) in [5, 5.41) is 0. The van der Waals surface area contributed by atoms with Crippen LogP contribution in [0.15, 0.2) is 0 Å². The van der Waals surface area contributed by atoms with Gasteiger partial charge in [-0.25, -0.2) is 0 Å². The van der Waals surface area contributed by atoms with Crippen molar-refractivity contribution in [3.05, 3.63) is 0 Å². The quantitative estimate of drug-likeness (QED) is 0.784. The van der Waals surface area contributed by atoms with Crippen LogP contribution in [0.5, 0.6) is 0 Å². The molecule has 19 heavy (non-hydrogen) atoms. The molecule has 1 amide bonds. The summed E-state index contributed by atoms with van der Waals surface area (Å²) in [5.41, 5.74) is 0.683. The smallest absolute Gasteiger partial charge is 0.224 e. The zero-order valence-corrected chi connectivity index (χ0v) is 12.7. The van der Waals surface area contributed by atoms with Gasteiger partial charge in [-0.05, 0) is 49.4 Å². The summed E-state index contributed by atoms with van der Waals surface area (Å²) in [4.78, 5) is 13.7. The van der Waals surface area contributed by atoms with Crippen molar-refractivity contribution in [1.82, 2.24) is 4.90 Å². The van der Waals surface area contributed by atoms with Gasteiger partial charge < -0.3 is 9.64 Å². The highest BCUT2D eigenvalue weighted by molar-refractivity contribution is 5.78. The lowest BCUT2D eigenvalue weighted by Gasteiger charge is -2.39. The molecule has 2 aliphatic carbocycles. The highest BCUT2D eigenvalue weighted by Crippen LogP contribution is 2.66. The van der Waals surface area contributed by atoms with Gasteiger partial charge in [0.05, 0.1) is 6.10 Å². The molecule has 0 spiro atoms. The molecule has 3 heteroatoms. The zero-order chi connectivity index (χ0) is 13.8. The maximum absolute atomic E-state index is 11.8. The maximum Gasteiger partial charge on any atom is 0.224 e. The molecule has 0 unspecified atom stereocenters. The van der Waals surface area contributed by atoms with Crippen molar-refractivity contribution in [2.45, 2.75) is 71.9 Å². The van der Waals surface area contributed by atoms with Crippen LogP contribution in [0, 0.1) is 16.7 Å². The fourth-order valence-corrected chi connectivity index (χ4v) is 4.63. The van der Waals surface area contributed by atoms with Crippen LogP contribution in [0.4, 0.5) is 0 Å². The number of hydrogen-bond acceptors (Lipinski definition) is 2. The molecule has 1 heterocycles. The van der Waals surface area contributed by atoms with Crippen molar-refractivity contribution >= 4 is 5.91 Å². The SMILES string of the molecule is C[C@@H]1CCC(=O)N1CO[C@H]1C[C@@H]2CC[C@]1(C)C2(C)C. The fourth-order valence-electron chi connectivity index (χ4n) is 4.63. The van der Waals surface area contributed by atoms with E-state index in [2.05, 4.69) is 27.7 Å². The van der Waals surface area contributed by atoms with Crippen LogP contribution in [0.1, 0.15) is 59.8 Å². The lowest BCUT2D eigenvalue weighted by Crippen LogP contribution is -2.41. The van der Waals surface area contributed by atoms with Crippen molar-refractivity contribution in [1.29, 1.82) is 0 Å². The van der Waals surface area contributed by atoms with E-state index in [1.165, 1.54) is 19.3 Å². The van der Waals surface area contributed by atoms with E-state index < -0.39 is 0 Å². The number of amides is 1. The zero-order valence-electron chi connectivity index (χ0n) is 12.7. The monoisotopic (exact) mass is 265 g/mol. The van der Waals surface area contributed by atoms with Gasteiger partial charge in [-0.1, -0.05) is 20.8 Å². The molecule has 3 nitrogen and oxygen atoms in total. The van der Waals surface area contributed by atoms with Crippen LogP contribution in [-0.4, -0.2) is 29.7 Å². The summed E-state index contributed by atoms with van der Waals surface area (Å²) < 4.78 is 6.21. The largest absolute Gasteiger partial charge is 0.357 e. The third-order valence-electron chi connectivity index (χ3n) is 6.76. The van der Waals surface area contributed by atoms with E-state index in [0.29, 0.717) is 36.1 Å². The minimum absolute atomic E-state index is 0.264. The predicted molar refractivity (Wildman–Crippen MR) is 74.5 cm³/mol. The number of likely N-dealkylation sites (tertiary alicyclic amines) is 1. The van der Waals surface area contributed by atoms with Crippen LogP contribution in [-0.2, 0) is 9.53 Å². The summed E-state index contributed by atoms with van der Waals surface area (Å²) >= 11 is 0. The highest BCUT2D eigenvalue weighted by Gasteiger charge is 2.62. The first-order valence-corrected chi connectivity index (χ1v) is 7.77. The average molecular weight is 265 g/mol. The molecular weight excluding hydrogens is 238 g/mol. The van der Waals surface area contributed by atoms with E-state index in [1.807, 2.05) is 4.90 Å². The van der Waals surface area contributed by atoms with Gasteiger partial charge >= 0.3 is 0 Å². The van der Waals surface area contributed by atoms with Gasteiger partial charge in [0.2, 0.25) is 5.91 Å². The molecule has 4 atom stereocenters. The van der Waals surface area contributed by atoms with Crippen LogP contribution in [0.3, 0.4) is 0 Å². The second-order valence-electron chi connectivity index (χ2n) is 7.65.